The van der Waals surface area contributed by atoms with E-state index >= 15 is 0 Å². The summed E-state index contributed by atoms with van der Waals surface area (Å²) in [5.41, 5.74) is 3.48. The molecular formula is C29H33B3O9Si2. The topological polar surface area (TPSA) is 107 Å². The molecule has 3 aromatic carbocycles. The molecule has 0 spiro atoms. The lowest BCUT2D eigenvalue weighted by atomic mass is 9.80. The van der Waals surface area contributed by atoms with Gasteiger partial charge in [-0.15, -0.1) is 0 Å². The first kappa shape index (κ1) is 31.5. The van der Waals surface area contributed by atoms with Crippen LogP contribution in [-0.2, 0) is 26.1 Å². The predicted molar refractivity (Wildman–Crippen MR) is 169 cm³/mol. The number of carbonyl (C=O) groups is 3. The standard InChI is InChI=1S/C29H33B3O9Si2/c1-28(2,3)42-36-30(25-13-7-22(19-33)8-14-25)39-43(29(4,5)6,40-31(37-42)26-15-9-23(20-34)10-16-26)41-32(38-42)27-17-11-24(21-35)12-18-27/h7-21H,1-6H3. The van der Waals surface area contributed by atoms with E-state index < -0.39 is 49.0 Å². The van der Waals surface area contributed by atoms with Gasteiger partial charge in [0.1, 0.15) is 18.9 Å². The Hall–Kier alpha value is -2.94. The highest BCUT2D eigenvalue weighted by atomic mass is 28.4. The molecule has 3 fully saturated rings. The lowest BCUT2D eigenvalue weighted by molar-refractivity contribution is 0.103. The number of benzene rings is 3. The van der Waals surface area contributed by atoms with Crippen molar-refractivity contribution in [3.63, 3.8) is 0 Å². The Morgan fingerprint density at radius 1 is 0.442 bits per heavy atom. The van der Waals surface area contributed by atoms with Gasteiger partial charge in [-0.05, 0) is 16.4 Å². The normalized spacial score (nSPS) is 22.9. The average Bonchev–Trinajstić information content (AvgIpc) is 2.96. The molecule has 14 heteroatoms. The summed E-state index contributed by atoms with van der Waals surface area (Å²) in [7, 11) is -10.7. The highest BCUT2D eigenvalue weighted by Gasteiger charge is 2.69. The van der Waals surface area contributed by atoms with Gasteiger partial charge in [0.05, 0.1) is 0 Å². The van der Waals surface area contributed by atoms with Gasteiger partial charge in [0.15, 0.2) is 0 Å². The van der Waals surface area contributed by atoms with Crippen LogP contribution in [0.15, 0.2) is 72.8 Å². The van der Waals surface area contributed by atoms with Gasteiger partial charge in [-0.25, -0.2) is 0 Å². The number of hydrogen-bond acceptors (Lipinski definition) is 9. The fourth-order valence-corrected chi connectivity index (χ4v) is 10.3. The zero-order chi connectivity index (χ0) is 31.0. The molecule has 6 rings (SSSR count). The molecule has 3 aliphatic heterocycles. The first-order valence-electron chi connectivity index (χ1n) is 14.0. The van der Waals surface area contributed by atoms with Gasteiger partial charge < -0.3 is 26.1 Å². The minimum absolute atomic E-state index is 0.512. The molecule has 0 atom stereocenters. The van der Waals surface area contributed by atoms with Crippen LogP contribution >= 0.6 is 0 Å². The maximum absolute atomic E-state index is 11.4. The Kier molecular flexibility index (Phi) is 8.69. The predicted octanol–water partition coefficient (Wildman–Crippen LogP) is 3.21. The molecule has 43 heavy (non-hydrogen) atoms. The Morgan fingerprint density at radius 2 is 0.651 bits per heavy atom. The Balaban J connectivity index is 1.71. The zero-order valence-corrected chi connectivity index (χ0v) is 27.1. The van der Waals surface area contributed by atoms with Crippen LogP contribution in [0.25, 0.3) is 0 Å². The number of carbonyl (C=O) groups excluding carboxylic acids is 3. The van der Waals surface area contributed by atoms with Crippen molar-refractivity contribution in [3.8, 4) is 0 Å². The van der Waals surface area contributed by atoms with Crippen molar-refractivity contribution in [2.45, 2.75) is 51.6 Å². The van der Waals surface area contributed by atoms with Gasteiger partial charge in [-0.3, -0.25) is 14.4 Å². The molecule has 0 amide bonds. The van der Waals surface area contributed by atoms with Crippen LogP contribution < -0.4 is 16.4 Å². The second kappa shape index (κ2) is 11.9. The first-order chi connectivity index (χ1) is 20.3. The monoisotopic (exact) mass is 614 g/mol. The van der Waals surface area contributed by atoms with E-state index in [9.17, 15) is 14.4 Å². The smallest absolute Gasteiger partial charge is 0.409 e. The minimum Gasteiger partial charge on any atom is -0.409 e. The summed E-state index contributed by atoms with van der Waals surface area (Å²) in [6, 6.07) is 20.8. The molecule has 3 saturated heterocycles. The van der Waals surface area contributed by atoms with Crippen LogP contribution in [0.4, 0.5) is 0 Å². The molecule has 9 nitrogen and oxygen atoms in total. The van der Waals surface area contributed by atoms with Gasteiger partial charge in [0.25, 0.3) is 0 Å². The van der Waals surface area contributed by atoms with Crippen molar-refractivity contribution >= 4 is 74.2 Å². The lowest BCUT2D eigenvalue weighted by Crippen LogP contribution is -2.77. The van der Waals surface area contributed by atoms with Crippen LogP contribution in [0.1, 0.15) is 72.6 Å². The van der Waals surface area contributed by atoms with Crippen molar-refractivity contribution in [2.24, 2.45) is 0 Å². The fraction of sp³-hybridized carbons (Fsp3) is 0.276. The summed E-state index contributed by atoms with van der Waals surface area (Å²) in [6.45, 7) is 11.8. The van der Waals surface area contributed by atoms with E-state index in [1.165, 1.54) is 0 Å². The van der Waals surface area contributed by atoms with Crippen LogP contribution in [-0.4, -0.2) is 57.8 Å². The third-order valence-corrected chi connectivity index (χ3v) is 14.3. The van der Waals surface area contributed by atoms with Crippen LogP contribution in [0.3, 0.4) is 0 Å². The van der Waals surface area contributed by atoms with Crippen LogP contribution in [0.2, 0.25) is 10.1 Å². The second-order valence-corrected chi connectivity index (χ2v) is 19.3. The van der Waals surface area contributed by atoms with Crippen LogP contribution in [0, 0.1) is 0 Å². The van der Waals surface area contributed by atoms with E-state index in [-0.39, 0.29) is 0 Å². The molecule has 0 unspecified atom stereocenters. The largest absolute Gasteiger partial charge is 0.478 e. The highest BCUT2D eigenvalue weighted by molar-refractivity contribution is 6.95. The maximum atomic E-state index is 11.4. The molecule has 0 saturated carbocycles. The molecule has 3 aromatic rings. The Morgan fingerprint density at radius 3 is 0.814 bits per heavy atom. The Bertz CT molecular complexity index is 1280. The molecule has 0 N–H and O–H groups in total. The minimum atomic E-state index is -3.89. The van der Waals surface area contributed by atoms with Gasteiger partial charge in [-0.1, -0.05) is 114 Å². The molecular weight excluding hydrogens is 581 g/mol. The summed E-state index contributed by atoms with van der Waals surface area (Å²) >= 11 is 0. The first-order valence-corrected chi connectivity index (χ1v) is 17.5. The van der Waals surface area contributed by atoms with Gasteiger partial charge in [-0.2, -0.15) is 0 Å². The Labute approximate surface area is 255 Å². The SMILES string of the molecule is CC(C)(C)[Si]12OB(c3ccc(C=O)cc3)O[Si](C(C)(C)C)(OB(c3ccc(C=O)cc3)O1)OB(c1ccc(C=O)cc1)O2. The third kappa shape index (κ3) is 6.19. The third-order valence-electron chi connectivity index (χ3n) is 7.44. The second-order valence-electron chi connectivity index (χ2n) is 12.7. The molecule has 0 aliphatic carbocycles. The molecule has 0 radical (unpaired) electrons. The zero-order valence-electron chi connectivity index (χ0n) is 25.1. The van der Waals surface area contributed by atoms with E-state index in [1.54, 1.807) is 72.8 Å². The van der Waals surface area contributed by atoms with Gasteiger partial charge in [0, 0.05) is 26.8 Å². The summed E-state index contributed by atoms with van der Waals surface area (Å²) < 4.78 is 41.6. The summed E-state index contributed by atoms with van der Waals surface area (Å²) in [5, 5.41) is -1.43. The average molecular weight is 614 g/mol. The quantitative estimate of drug-likeness (QED) is 0.306. The molecule has 2 bridgehead atoms. The van der Waals surface area contributed by atoms with Crippen molar-refractivity contribution in [1.82, 2.24) is 0 Å². The number of fused-ring (bicyclic) bond motifs is 6. The van der Waals surface area contributed by atoms with Crippen LogP contribution in [0.5, 0.6) is 0 Å². The van der Waals surface area contributed by atoms with Crippen molar-refractivity contribution < 1.29 is 40.4 Å². The molecule has 0 aromatic heterocycles. The molecule has 220 valence electrons. The van der Waals surface area contributed by atoms with E-state index in [0.717, 1.165) is 18.9 Å². The van der Waals surface area contributed by atoms with Gasteiger partial charge >= 0.3 is 39.0 Å². The fourth-order valence-electron chi connectivity index (χ4n) is 4.75. The summed E-state index contributed by atoms with van der Waals surface area (Å²) in [6.07, 6.45) is 2.32. The molecule has 3 heterocycles. The van der Waals surface area contributed by atoms with Crippen molar-refractivity contribution in [3.05, 3.63) is 89.5 Å². The van der Waals surface area contributed by atoms with E-state index in [4.69, 9.17) is 26.1 Å². The van der Waals surface area contributed by atoms with E-state index in [0.29, 0.717) is 33.1 Å². The number of aldehydes is 3. The number of hydrogen-bond donors (Lipinski definition) is 0. The lowest BCUT2D eigenvalue weighted by Gasteiger charge is -2.54. The van der Waals surface area contributed by atoms with Gasteiger partial charge in [0.2, 0.25) is 0 Å². The molecule has 3 aliphatic rings. The van der Waals surface area contributed by atoms with E-state index in [2.05, 4.69) is 0 Å². The van der Waals surface area contributed by atoms with Crippen molar-refractivity contribution in [1.29, 1.82) is 0 Å². The maximum Gasteiger partial charge on any atom is 0.478 e. The summed E-state index contributed by atoms with van der Waals surface area (Å²) in [4.78, 5) is 34.1. The number of rotatable bonds is 6. The highest BCUT2D eigenvalue weighted by Crippen LogP contribution is 2.47. The summed E-state index contributed by atoms with van der Waals surface area (Å²) in [5.74, 6) is 0. The van der Waals surface area contributed by atoms with Crippen molar-refractivity contribution in [2.75, 3.05) is 0 Å². The van der Waals surface area contributed by atoms with E-state index in [1.807, 2.05) is 41.5 Å².